The maximum absolute atomic E-state index is 12.6. The van der Waals surface area contributed by atoms with Crippen molar-refractivity contribution in [1.82, 2.24) is 15.5 Å². The van der Waals surface area contributed by atoms with E-state index in [1.165, 1.54) is 4.88 Å². The maximum Gasteiger partial charge on any atom is 0.234 e. The predicted molar refractivity (Wildman–Crippen MR) is 112 cm³/mol. The van der Waals surface area contributed by atoms with Crippen molar-refractivity contribution < 1.29 is 9.59 Å². The highest BCUT2D eigenvalue weighted by atomic mass is 32.1. The van der Waals surface area contributed by atoms with Crippen LogP contribution in [-0.4, -0.2) is 42.9 Å². The van der Waals surface area contributed by atoms with E-state index in [9.17, 15) is 9.59 Å². The van der Waals surface area contributed by atoms with Crippen LogP contribution < -0.4 is 10.6 Å². The molecule has 1 unspecified atom stereocenters. The minimum Gasteiger partial charge on any atom is -0.356 e. The summed E-state index contributed by atoms with van der Waals surface area (Å²) in [6, 6.07) is 4.14. The fourth-order valence-electron chi connectivity index (χ4n) is 3.47. The van der Waals surface area contributed by atoms with E-state index < -0.39 is 0 Å². The largest absolute Gasteiger partial charge is 0.356 e. The number of rotatable bonds is 8. The fourth-order valence-corrected chi connectivity index (χ4v) is 4.49. The van der Waals surface area contributed by atoms with E-state index in [2.05, 4.69) is 54.7 Å². The molecule has 152 valence electrons. The molecule has 1 aliphatic heterocycles. The van der Waals surface area contributed by atoms with Gasteiger partial charge in [0, 0.05) is 17.3 Å². The molecule has 1 aliphatic rings. The lowest BCUT2D eigenvalue weighted by Crippen LogP contribution is -2.46. The van der Waals surface area contributed by atoms with E-state index in [1.54, 1.807) is 11.3 Å². The van der Waals surface area contributed by atoms with Crippen LogP contribution >= 0.6 is 11.3 Å². The topological polar surface area (TPSA) is 61.4 Å². The molecule has 2 heterocycles. The van der Waals surface area contributed by atoms with Gasteiger partial charge in [0.05, 0.1) is 12.6 Å². The van der Waals surface area contributed by atoms with Gasteiger partial charge in [-0.1, -0.05) is 40.2 Å². The zero-order chi connectivity index (χ0) is 19.9. The number of hydrogen-bond donors (Lipinski definition) is 2. The summed E-state index contributed by atoms with van der Waals surface area (Å²) in [6.45, 7) is 11.4. The van der Waals surface area contributed by atoms with Crippen molar-refractivity contribution in [2.24, 2.45) is 11.3 Å². The molecule has 0 radical (unpaired) electrons. The van der Waals surface area contributed by atoms with Gasteiger partial charge in [0.15, 0.2) is 0 Å². The number of hydrogen-bond acceptors (Lipinski definition) is 4. The van der Waals surface area contributed by atoms with Gasteiger partial charge in [0.2, 0.25) is 11.8 Å². The van der Waals surface area contributed by atoms with Gasteiger partial charge < -0.3 is 10.6 Å². The molecule has 27 heavy (non-hydrogen) atoms. The van der Waals surface area contributed by atoms with Crippen LogP contribution in [0.2, 0.25) is 0 Å². The Morgan fingerprint density at radius 3 is 2.56 bits per heavy atom. The molecule has 0 aliphatic carbocycles. The highest BCUT2D eigenvalue weighted by Gasteiger charge is 2.30. The third-order valence-corrected chi connectivity index (χ3v) is 6.09. The Bertz CT molecular complexity index is 587. The number of carbonyl (C=O) groups excluding carboxylic acids is 2. The van der Waals surface area contributed by atoms with Crippen LogP contribution in [0.4, 0.5) is 0 Å². The Morgan fingerprint density at radius 1 is 1.30 bits per heavy atom. The first-order chi connectivity index (χ1) is 12.8. The van der Waals surface area contributed by atoms with Crippen LogP contribution in [0.1, 0.15) is 64.3 Å². The molecule has 2 N–H and O–H groups in total. The second-order valence-electron chi connectivity index (χ2n) is 8.58. The lowest BCUT2D eigenvalue weighted by Gasteiger charge is -2.33. The van der Waals surface area contributed by atoms with Gasteiger partial charge in [-0.3, -0.25) is 14.5 Å². The standard InChI is InChI=1S/C21H35N3O2S/c1-5-6-11-22-20(26)16-9-12-24(13-10-16)15-18(25)23-19(21(2,3)4)17-8-7-14-27-17/h7-8,14,16,19H,5-6,9-13,15H2,1-4H3,(H,22,26)(H,23,25). The van der Waals surface area contributed by atoms with Crippen LogP contribution in [0.5, 0.6) is 0 Å². The van der Waals surface area contributed by atoms with Crippen LogP contribution in [0, 0.1) is 11.3 Å². The first-order valence-electron chi connectivity index (χ1n) is 10.1. The van der Waals surface area contributed by atoms with Crippen LogP contribution in [0.3, 0.4) is 0 Å². The molecule has 1 fully saturated rings. The Balaban J connectivity index is 1.79. The number of thiophene rings is 1. The molecule has 1 aromatic heterocycles. The molecule has 0 saturated carbocycles. The molecule has 1 atom stereocenters. The molecular formula is C21H35N3O2S. The van der Waals surface area contributed by atoms with Crippen molar-refractivity contribution in [2.45, 2.75) is 59.4 Å². The smallest absolute Gasteiger partial charge is 0.234 e. The Kier molecular flexibility index (Phi) is 8.29. The fraction of sp³-hybridized carbons (Fsp3) is 0.714. The summed E-state index contributed by atoms with van der Waals surface area (Å²) in [5, 5.41) is 8.31. The molecule has 0 aromatic carbocycles. The van der Waals surface area contributed by atoms with Gasteiger partial charge in [-0.2, -0.15) is 0 Å². The number of carbonyl (C=O) groups is 2. The molecule has 2 rings (SSSR count). The number of amides is 2. The van der Waals surface area contributed by atoms with Gasteiger partial charge in [-0.15, -0.1) is 11.3 Å². The van der Waals surface area contributed by atoms with E-state index in [0.717, 1.165) is 45.3 Å². The molecule has 1 aromatic rings. The molecule has 5 nitrogen and oxygen atoms in total. The Labute approximate surface area is 167 Å². The van der Waals surface area contributed by atoms with Crippen LogP contribution in [0.25, 0.3) is 0 Å². The second kappa shape index (κ2) is 10.2. The van der Waals surface area contributed by atoms with E-state index >= 15 is 0 Å². The van der Waals surface area contributed by atoms with Crippen LogP contribution in [-0.2, 0) is 9.59 Å². The third kappa shape index (κ3) is 6.92. The normalized spacial score (nSPS) is 17.5. The lowest BCUT2D eigenvalue weighted by atomic mass is 9.85. The molecular weight excluding hydrogens is 358 g/mol. The van der Waals surface area contributed by atoms with Gasteiger partial charge in [0.25, 0.3) is 0 Å². The van der Waals surface area contributed by atoms with Crippen molar-refractivity contribution in [3.63, 3.8) is 0 Å². The SMILES string of the molecule is CCCCNC(=O)C1CCN(CC(=O)NC(c2cccs2)C(C)(C)C)CC1. The highest BCUT2D eigenvalue weighted by molar-refractivity contribution is 7.10. The molecule has 0 bridgehead atoms. The summed E-state index contributed by atoms with van der Waals surface area (Å²) in [4.78, 5) is 28.2. The lowest BCUT2D eigenvalue weighted by molar-refractivity contribution is -0.127. The number of unbranched alkanes of at least 4 members (excludes halogenated alkanes) is 1. The van der Waals surface area contributed by atoms with Gasteiger partial charge in [-0.25, -0.2) is 0 Å². The minimum absolute atomic E-state index is 0.0203. The number of nitrogens with one attached hydrogen (secondary N) is 2. The monoisotopic (exact) mass is 393 g/mol. The van der Waals surface area contributed by atoms with Crippen molar-refractivity contribution >= 4 is 23.2 Å². The van der Waals surface area contributed by atoms with E-state index in [4.69, 9.17) is 0 Å². The zero-order valence-electron chi connectivity index (χ0n) is 17.2. The summed E-state index contributed by atoms with van der Waals surface area (Å²) >= 11 is 1.68. The molecule has 0 spiro atoms. The first kappa shape index (κ1) is 21.9. The summed E-state index contributed by atoms with van der Waals surface area (Å²) < 4.78 is 0. The summed E-state index contributed by atoms with van der Waals surface area (Å²) in [7, 11) is 0. The second-order valence-corrected chi connectivity index (χ2v) is 9.56. The Morgan fingerprint density at radius 2 is 2.00 bits per heavy atom. The van der Waals surface area contributed by atoms with Crippen LogP contribution in [0.15, 0.2) is 17.5 Å². The van der Waals surface area contributed by atoms with E-state index in [1.807, 2.05) is 6.07 Å². The molecule has 1 saturated heterocycles. The molecule has 2 amide bonds. The highest BCUT2D eigenvalue weighted by Crippen LogP contribution is 2.35. The first-order valence-corrected chi connectivity index (χ1v) is 11.0. The average molecular weight is 394 g/mol. The summed E-state index contributed by atoms with van der Waals surface area (Å²) in [5.74, 6) is 0.335. The summed E-state index contributed by atoms with van der Waals surface area (Å²) in [6.07, 6.45) is 3.79. The Hall–Kier alpha value is -1.40. The van der Waals surface area contributed by atoms with Crippen molar-refractivity contribution in [3.05, 3.63) is 22.4 Å². The zero-order valence-corrected chi connectivity index (χ0v) is 18.0. The van der Waals surface area contributed by atoms with E-state index in [0.29, 0.717) is 6.54 Å². The van der Waals surface area contributed by atoms with Gasteiger partial charge in [-0.05, 0) is 49.2 Å². The predicted octanol–water partition coefficient (Wildman–Crippen LogP) is 3.58. The van der Waals surface area contributed by atoms with Crippen molar-refractivity contribution in [3.8, 4) is 0 Å². The summed E-state index contributed by atoms with van der Waals surface area (Å²) in [5.41, 5.74) is -0.0376. The minimum atomic E-state index is -0.0376. The van der Waals surface area contributed by atoms with E-state index in [-0.39, 0.29) is 29.2 Å². The number of nitrogens with zero attached hydrogens (tertiary/aromatic N) is 1. The third-order valence-electron chi connectivity index (χ3n) is 5.15. The number of piperidine rings is 1. The van der Waals surface area contributed by atoms with Gasteiger partial charge >= 0.3 is 0 Å². The molecule has 6 heteroatoms. The number of likely N-dealkylation sites (tertiary alicyclic amines) is 1. The average Bonchev–Trinajstić information content (AvgIpc) is 3.13. The van der Waals surface area contributed by atoms with Crippen molar-refractivity contribution in [1.29, 1.82) is 0 Å². The quantitative estimate of drug-likeness (QED) is 0.664. The van der Waals surface area contributed by atoms with Crippen molar-refractivity contribution in [2.75, 3.05) is 26.2 Å². The maximum atomic E-state index is 12.6. The van der Waals surface area contributed by atoms with Gasteiger partial charge in [0.1, 0.15) is 0 Å².